The van der Waals surface area contributed by atoms with E-state index in [9.17, 15) is 24.6 Å². The fraction of sp³-hybridized carbons (Fsp3) is 0.500. The number of carboxylic acids is 1. The zero-order chi connectivity index (χ0) is 19.6. The Labute approximate surface area is 155 Å². The van der Waals surface area contributed by atoms with E-state index in [0.717, 1.165) is 0 Å². The van der Waals surface area contributed by atoms with Gasteiger partial charge in [-0.3, -0.25) is 9.59 Å². The van der Waals surface area contributed by atoms with Gasteiger partial charge in [-0.1, -0.05) is 6.92 Å². The van der Waals surface area contributed by atoms with Crippen molar-refractivity contribution in [3.05, 3.63) is 34.4 Å². The summed E-state index contributed by atoms with van der Waals surface area (Å²) < 4.78 is 11.1. The maximum atomic E-state index is 13.3. The van der Waals surface area contributed by atoms with Gasteiger partial charge in [0.1, 0.15) is 0 Å². The largest absolute Gasteiger partial charge is 0.478 e. The Hall–Kier alpha value is -2.49. The Kier molecular flexibility index (Phi) is 3.81. The maximum absolute atomic E-state index is 13.3. The second-order valence-electron chi connectivity index (χ2n) is 6.95. The second kappa shape index (κ2) is 5.75. The predicted molar refractivity (Wildman–Crippen MR) is 89.4 cm³/mol. The van der Waals surface area contributed by atoms with Gasteiger partial charge < -0.3 is 19.7 Å². The number of hydrazine groups is 1. The number of carbonyl (C=O) groups excluding carboxylic acids is 2. The molecule has 4 rings (SSSR count). The van der Waals surface area contributed by atoms with Crippen LogP contribution in [-0.2, 0) is 36.9 Å². The molecule has 0 aliphatic carbocycles. The molecule has 3 aliphatic heterocycles. The number of amides is 2. The van der Waals surface area contributed by atoms with Gasteiger partial charge in [-0.25, -0.2) is 14.8 Å². The molecule has 2 N–H and O–H groups in total. The van der Waals surface area contributed by atoms with Gasteiger partial charge in [0, 0.05) is 11.1 Å². The summed E-state index contributed by atoms with van der Waals surface area (Å²) in [5.74, 6) is -4.31. The smallest absolute Gasteiger partial charge is 0.335 e. The van der Waals surface area contributed by atoms with Crippen LogP contribution < -0.4 is 0 Å². The van der Waals surface area contributed by atoms with Crippen molar-refractivity contribution in [1.29, 1.82) is 0 Å². The summed E-state index contributed by atoms with van der Waals surface area (Å²) in [4.78, 5) is 38.1. The van der Waals surface area contributed by atoms with Crippen molar-refractivity contribution in [1.82, 2.24) is 10.0 Å². The first kappa shape index (κ1) is 17.9. The predicted octanol–water partition coefficient (Wildman–Crippen LogP) is -0.0463. The summed E-state index contributed by atoms with van der Waals surface area (Å²) in [6, 6.07) is 2.70. The van der Waals surface area contributed by atoms with Crippen molar-refractivity contribution >= 4 is 17.8 Å². The Morgan fingerprint density at radius 1 is 1.19 bits per heavy atom. The number of rotatable bonds is 2. The number of ether oxygens (including phenoxy) is 2. The summed E-state index contributed by atoms with van der Waals surface area (Å²) in [6.07, 6.45) is 0.369. The van der Waals surface area contributed by atoms with Crippen LogP contribution in [0.3, 0.4) is 0 Å². The first-order valence-corrected chi connectivity index (χ1v) is 8.79. The van der Waals surface area contributed by atoms with E-state index in [-0.39, 0.29) is 43.0 Å². The van der Waals surface area contributed by atoms with Crippen LogP contribution >= 0.6 is 0 Å². The monoisotopic (exact) mass is 376 g/mol. The lowest BCUT2D eigenvalue weighted by atomic mass is 9.84. The van der Waals surface area contributed by atoms with Crippen molar-refractivity contribution in [3.63, 3.8) is 0 Å². The number of hydrogen-bond donors (Lipinski definition) is 2. The molecule has 1 atom stereocenters. The average molecular weight is 376 g/mol. The molecule has 1 aromatic carbocycles. The molecule has 0 aromatic heterocycles. The number of nitrogens with zero attached hydrogens (tertiary/aromatic N) is 2. The molecule has 2 saturated heterocycles. The van der Waals surface area contributed by atoms with Gasteiger partial charge in [0.2, 0.25) is 0 Å². The van der Waals surface area contributed by atoms with Gasteiger partial charge in [-0.2, -0.15) is 0 Å². The van der Waals surface area contributed by atoms with E-state index in [1.165, 1.54) is 29.1 Å². The molecule has 144 valence electrons. The highest BCUT2D eigenvalue weighted by atomic mass is 16.7. The van der Waals surface area contributed by atoms with E-state index < -0.39 is 29.2 Å². The Bertz CT molecular complexity index is 840. The quantitative estimate of drug-likeness (QED) is 0.695. The van der Waals surface area contributed by atoms with Crippen molar-refractivity contribution in [2.24, 2.45) is 0 Å². The number of aliphatic hydroxyl groups is 1. The molecule has 0 bridgehead atoms. The van der Waals surface area contributed by atoms with E-state index in [2.05, 4.69) is 0 Å². The SMILES string of the molecule is CCc1cc(C(=O)O)cc2c1C1(OC2(C)O)C(=O)N2CCOCCN2C1=O. The summed E-state index contributed by atoms with van der Waals surface area (Å²) in [5, 5.41) is 22.8. The van der Waals surface area contributed by atoms with Gasteiger partial charge in [-0.05, 0) is 31.0 Å². The number of hydrogen-bond acceptors (Lipinski definition) is 6. The normalized spacial score (nSPS) is 26.3. The number of carbonyl (C=O) groups is 3. The van der Waals surface area contributed by atoms with Crippen LogP contribution in [0.5, 0.6) is 0 Å². The van der Waals surface area contributed by atoms with Crippen LogP contribution in [0.4, 0.5) is 0 Å². The molecule has 3 heterocycles. The lowest BCUT2D eigenvalue weighted by Crippen LogP contribution is -2.44. The Morgan fingerprint density at radius 2 is 1.78 bits per heavy atom. The van der Waals surface area contributed by atoms with E-state index in [0.29, 0.717) is 12.0 Å². The van der Waals surface area contributed by atoms with Crippen molar-refractivity contribution in [2.45, 2.75) is 31.7 Å². The van der Waals surface area contributed by atoms with E-state index in [1.54, 1.807) is 6.92 Å². The van der Waals surface area contributed by atoms with Crippen molar-refractivity contribution < 1.29 is 34.1 Å². The molecule has 9 heteroatoms. The first-order valence-electron chi connectivity index (χ1n) is 8.79. The second-order valence-corrected chi connectivity index (χ2v) is 6.95. The van der Waals surface area contributed by atoms with Crippen LogP contribution in [0.15, 0.2) is 12.1 Å². The highest BCUT2D eigenvalue weighted by Crippen LogP contribution is 2.52. The Morgan fingerprint density at radius 3 is 2.30 bits per heavy atom. The summed E-state index contributed by atoms with van der Waals surface area (Å²) in [6.45, 7) is 4.07. The fourth-order valence-electron chi connectivity index (χ4n) is 4.11. The highest BCUT2D eigenvalue weighted by Gasteiger charge is 2.68. The number of aromatic carboxylic acids is 1. The van der Waals surface area contributed by atoms with Crippen molar-refractivity contribution in [3.8, 4) is 0 Å². The Balaban J connectivity index is 1.97. The molecule has 0 radical (unpaired) electrons. The van der Waals surface area contributed by atoms with Crippen molar-refractivity contribution in [2.75, 3.05) is 26.3 Å². The van der Waals surface area contributed by atoms with Crippen LogP contribution in [0.25, 0.3) is 0 Å². The minimum absolute atomic E-state index is 0.0346. The van der Waals surface area contributed by atoms with Crippen LogP contribution in [0.1, 0.15) is 40.9 Å². The number of benzene rings is 1. The molecule has 1 spiro atoms. The molecule has 2 amide bonds. The van der Waals surface area contributed by atoms with E-state index >= 15 is 0 Å². The molecular formula is C18H20N2O7. The minimum Gasteiger partial charge on any atom is -0.478 e. The fourth-order valence-corrected chi connectivity index (χ4v) is 4.11. The zero-order valence-corrected chi connectivity index (χ0v) is 15.0. The molecule has 2 fully saturated rings. The third kappa shape index (κ3) is 2.25. The minimum atomic E-state index is -2.00. The standard InChI is InChI=1S/C18H20N2O7/c1-3-10-8-11(14(21)22)9-12-13(10)18(27-17(12,2)25)15(23)19-4-6-26-7-5-20(19)16(18)24/h8-9,25H,3-7H2,1-2H3,(H,21,22). The summed E-state index contributed by atoms with van der Waals surface area (Å²) >= 11 is 0. The van der Waals surface area contributed by atoms with Gasteiger partial charge in [0.25, 0.3) is 17.4 Å². The van der Waals surface area contributed by atoms with Gasteiger partial charge in [-0.15, -0.1) is 0 Å². The van der Waals surface area contributed by atoms with Crippen LogP contribution in [-0.4, -0.2) is 64.3 Å². The summed E-state index contributed by atoms with van der Waals surface area (Å²) in [5.41, 5.74) is -1.16. The average Bonchev–Trinajstić information content (AvgIpc) is 2.87. The first-order chi connectivity index (χ1) is 12.7. The molecule has 3 aliphatic rings. The van der Waals surface area contributed by atoms with Gasteiger partial charge in [0.05, 0.1) is 31.9 Å². The van der Waals surface area contributed by atoms with Gasteiger partial charge in [0.15, 0.2) is 5.79 Å². The number of aryl methyl sites for hydroxylation is 1. The topological polar surface area (TPSA) is 117 Å². The highest BCUT2D eigenvalue weighted by molar-refractivity contribution is 6.14. The molecule has 1 unspecified atom stereocenters. The molecule has 9 nitrogen and oxygen atoms in total. The lowest BCUT2D eigenvalue weighted by Gasteiger charge is -2.23. The summed E-state index contributed by atoms with van der Waals surface area (Å²) in [7, 11) is 0. The number of carboxylic acid groups (broad SMARTS) is 1. The lowest BCUT2D eigenvalue weighted by molar-refractivity contribution is -0.238. The van der Waals surface area contributed by atoms with E-state index in [4.69, 9.17) is 9.47 Å². The third-order valence-corrected chi connectivity index (χ3v) is 5.31. The van der Waals surface area contributed by atoms with Gasteiger partial charge >= 0.3 is 5.97 Å². The molecule has 0 saturated carbocycles. The molecule has 1 aromatic rings. The maximum Gasteiger partial charge on any atom is 0.335 e. The number of fused-ring (bicyclic) bond motifs is 3. The molecule has 27 heavy (non-hydrogen) atoms. The van der Waals surface area contributed by atoms with Crippen LogP contribution in [0.2, 0.25) is 0 Å². The third-order valence-electron chi connectivity index (χ3n) is 5.31. The zero-order valence-electron chi connectivity index (χ0n) is 15.0. The van der Waals surface area contributed by atoms with E-state index in [1.807, 2.05) is 0 Å². The molecular weight excluding hydrogens is 356 g/mol. The van der Waals surface area contributed by atoms with Crippen LogP contribution in [0, 0.1) is 0 Å².